The third kappa shape index (κ3) is 6.31. The van der Waals surface area contributed by atoms with Crippen molar-refractivity contribution in [2.75, 3.05) is 17.5 Å². The average Bonchev–Trinajstić information content (AvgIpc) is 2.91. The summed E-state index contributed by atoms with van der Waals surface area (Å²) in [7, 11) is -4.15. The highest BCUT2D eigenvalue weighted by Crippen LogP contribution is 2.28. The minimum absolute atomic E-state index is 0.0997. The topological polar surface area (TPSA) is 75.7 Å². The smallest absolute Gasteiger partial charge is 0.264 e. The van der Waals surface area contributed by atoms with Crippen LogP contribution in [0.3, 0.4) is 0 Å². The summed E-state index contributed by atoms with van der Waals surface area (Å²) < 4.78 is 47.1. The summed E-state index contributed by atoms with van der Waals surface area (Å²) in [6, 6.07) is 17.2. The van der Waals surface area contributed by atoms with Crippen LogP contribution in [0.5, 0.6) is 5.75 Å². The Labute approximate surface area is 218 Å². The van der Waals surface area contributed by atoms with Crippen molar-refractivity contribution in [3.05, 3.63) is 89.2 Å². The Hall–Kier alpha value is -3.39. The minimum atomic E-state index is -4.15. The number of carbonyl (C=O) groups is 1. The van der Waals surface area contributed by atoms with E-state index in [1.165, 1.54) is 29.7 Å². The summed E-state index contributed by atoms with van der Waals surface area (Å²) in [5, 5.41) is 3.02. The summed E-state index contributed by atoms with van der Waals surface area (Å²) in [6.07, 6.45) is 5.15. The number of nitrogens with one attached hydrogen (secondary N) is 1. The zero-order chi connectivity index (χ0) is 26.4. The molecule has 0 bridgehead atoms. The van der Waals surface area contributed by atoms with Crippen molar-refractivity contribution in [3.8, 4) is 5.75 Å². The molecule has 0 unspecified atom stereocenters. The Kier molecular flexibility index (Phi) is 8.48. The molecule has 0 spiro atoms. The van der Waals surface area contributed by atoms with Crippen LogP contribution >= 0.6 is 0 Å². The summed E-state index contributed by atoms with van der Waals surface area (Å²) in [5.41, 5.74) is 4.02. The van der Waals surface area contributed by atoms with Crippen LogP contribution in [0.15, 0.2) is 71.6 Å². The highest BCUT2D eigenvalue weighted by atomic mass is 32.2. The van der Waals surface area contributed by atoms with Gasteiger partial charge in [0.2, 0.25) is 5.91 Å². The van der Waals surface area contributed by atoms with Crippen LogP contribution in [0.2, 0.25) is 0 Å². The van der Waals surface area contributed by atoms with Crippen molar-refractivity contribution in [2.45, 2.75) is 56.9 Å². The first-order valence-electron chi connectivity index (χ1n) is 12.7. The van der Waals surface area contributed by atoms with E-state index in [4.69, 9.17) is 4.74 Å². The lowest BCUT2D eigenvalue weighted by molar-refractivity contribution is -0.120. The van der Waals surface area contributed by atoms with Gasteiger partial charge in [-0.05, 0) is 104 Å². The highest BCUT2D eigenvalue weighted by Gasteiger charge is 2.28. The second kappa shape index (κ2) is 11.8. The van der Waals surface area contributed by atoms with E-state index < -0.39 is 28.3 Å². The molecule has 0 heterocycles. The van der Waals surface area contributed by atoms with Gasteiger partial charge in [0.25, 0.3) is 10.0 Å². The number of benzene rings is 3. The molecule has 0 aliphatic heterocycles. The van der Waals surface area contributed by atoms with Gasteiger partial charge in [0.05, 0.1) is 23.2 Å². The molecule has 3 aromatic rings. The predicted octanol–water partition coefficient (Wildman–Crippen LogP) is 5.57. The maximum absolute atomic E-state index is 13.6. The lowest BCUT2D eigenvalue weighted by Gasteiger charge is -2.26. The number of hydrogen-bond acceptors (Lipinski definition) is 4. The van der Waals surface area contributed by atoms with Crippen LogP contribution in [0.1, 0.15) is 55.8 Å². The molecule has 37 heavy (non-hydrogen) atoms. The summed E-state index contributed by atoms with van der Waals surface area (Å²) in [5.74, 6) is -0.377. The predicted molar refractivity (Wildman–Crippen MR) is 143 cm³/mol. The van der Waals surface area contributed by atoms with Gasteiger partial charge in [0.1, 0.15) is 18.1 Å². The maximum Gasteiger partial charge on any atom is 0.264 e. The van der Waals surface area contributed by atoms with E-state index >= 15 is 0 Å². The molecule has 0 fully saturated rings. The average molecular weight is 525 g/mol. The Morgan fingerprint density at radius 1 is 0.973 bits per heavy atom. The molecular formula is C29H33FN2O4S. The van der Waals surface area contributed by atoms with Gasteiger partial charge in [-0.15, -0.1) is 0 Å². The minimum Gasteiger partial charge on any atom is -0.494 e. The second-order valence-corrected chi connectivity index (χ2v) is 11.0. The molecular weight excluding hydrogens is 491 g/mol. The molecule has 0 saturated heterocycles. The molecule has 1 aliphatic carbocycles. The monoisotopic (exact) mass is 524 g/mol. The van der Waals surface area contributed by atoms with Crippen molar-refractivity contribution >= 4 is 21.6 Å². The first-order chi connectivity index (χ1) is 17.8. The lowest BCUT2D eigenvalue weighted by atomic mass is 9.89. The number of ether oxygens (including phenoxy) is 1. The Morgan fingerprint density at radius 2 is 1.65 bits per heavy atom. The Bertz CT molecular complexity index is 1330. The van der Waals surface area contributed by atoms with Crippen LogP contribution < -0.4 is 14.4 Å². The molecule has 8 heteroatoms. The standard InChI is InChI=1S/C29H33FN2O4S/c1-3-28(23-10-9-21-7-5-6-8-22(21)19-23)31-29(33)20-32(25-13-15-26(16-14-25)36-4-2)37(34,35)27-17-11-24(30)12-18-27/h9-19,28H,3-8,20H2,1-2H3,(H,31,33)/t28-/m1/s1. The quantitative estimate of drug-likeness (QED) is 0.377. The van der Waals surface area contributed by atoms with Gasteiger partial charge >= 0.3 is 0 Å². The van der Waals surface area contributed by atoms with Crippen molar-refractivity contribution in [1.82, 2.24) is 5.32 Å². The molecule has 1 amide bonds. The van der Waals surface area contributed by atoms with Crippen molar-refractivity contribution in [3.63, 3.8) is 0 Å². The normalized spacial score (nSPS) is 13.9. The lowest BCUT2D eigenvalue weighted by Crippen LogP contribution is -2.42. The number of anilines is 1. The van der Waals surface area contributed by atoms with Crippen LogP contribution in [-0.4, -0.2) is 27.5 Å². The molecule has 0 aromatic heterocycles. The molecule has 196 valence electrons. The van der Waals surface area contributed by atoms with Gasteiger partial charge < -0.3 is 10.1 Å². The summed E-state index contributed by atoms with van der Waals surface area (Å²) >= 11 is 0. The Morgan fingerprint density at radius 3 is 2.30 bits per heavy atom. The fourth-order valence-corrected chi connectivity index (χ4v) is 6.11. The number of fused-ring (bicyclic) bond motifs is 1. The van der Waals surface area contributed by atoms with Crippen LogP contribution in [0.25, 0.3) is 0 Å². The fraction of sp³-hybridized carbons (Fsp3) is 0.345. The number of rotatable bonds is 10. The molecule has 1 N–H and O–H groups in total. The third-order valence-electron chi connectivity index (χ3n) is 6.64. The van der Waals surface area contributed by atoms with E-state index in [0.29, 0.717) is 24.5 Å². The van der Waals surface area contributed by atoms with Crippen LogP contribution in [0, 0.1) is 5.82 Å². The number of nitrogens with zero attached hydrogens (tertiary/aromatic N) is 1. The number of carbonyl (C=O) groups excluding carboxylic acids is 1. The van der Waals surface area contributed by atoms with Gasteiger partial charge in [-0.3, -0.25) is 9.10 Å². The molecule has 0 saturated carbocycles. The molecule has 3 aromatic carbocycles. The second-order valence-electron chi connectivity index (χ2n) is 9.16. The molecule has 1 atom stereocenters. The van der Waals surface area contributed by atoms with Crippen LogP contribution in [-0.2, 0) is 27.7 Å². The first-order valence-corrected chi connectivity index (χ1v) is 14.2. The highest BCUT2D eigenvalue weighted by molar-refractivity contribution is 7.92. The summed E-state index contributed by atoms with van der Waals surface area (Å²) in [6.45, 7) is 3.90. The molecule has 4 rings (SSSR count). The maximum atomic E-state index is 13.6. The number of sulfonamides is 1. The zero-order valence-corrected chi connectivity index (χ0v) is 22.1. The van der Waals surface area contributed by atoms with Gasteiger partial charge in [-0.1, -0.05) is 25.1 Å². The number of halogens is 1. The first kappa shape index (κ1) is 26.7. The molecule has 1 aliphatic rings. The summed E-state index contributed by atoms with van der Waals surface area (Å²) in [4.78, 5) is 13.2. The van der Waals surface area contributed by atoms with Crippen molar-refractivity contribution < 1.29 is 22.3 Å². The van der Waals surface area contributed by atoms with Gasteiger partial charge in [0.15, 0.2) is 0 Å². The van der Waals surface area contributed by atoms with E-state index in [1.807, 2.05) is 13.8 Å². The molecule has 0 radical (unpaired) electrons. The zero-order valence-electron chi connectivity index (χ0n) is 21.2. The third-order valence-corrected chi connectivity index (χ3v) is 8.43. The Balaban J connectivity index is 1.59. The van der Waals surface area contributed by atoms with E-state index in [9.17, 15) is 17.6 Å². The largest absolute Gasteiger partial charge is 0.494 e. The van der Waals surface area contributed by atoms with E-state index in [2.05, 4.69) is 23.5 Å². The van der Waals surface area contributed by atoms with E-state index in [-0.39, 0.29) is 10.9 Å². The number of hydrogen-bond donors (Lipinski definition) is 1. The fourth-order valence-electron chi connectivity index (χ4n) is 4.69. The number of aryl methyl sites for hydroxylation is 2. The van der Waals surface area contributed by atoms with Crippen LogP contribution in [0.4, 0.5) is 10.1 Å². The van der Waals surface area contributed by atoms with E-state index in [1.54, 1.807) is 24.3 Å². The van der Waals surface area contributed by atoms with Gasteiger partial charge in [0, 0.05) is 0 Å². The molecule has 6 nitrogen and oxygen atoms in total. The SMILES string of the molecule is CCOc1ccc(N(CC(=O)N[C@H](CC)c2ccc3c(c2)CCCC3)S(=O)(=O)c2ccc(F)cc2)cc1. The number of amides is 1. The van der Waals surface area contributed by atoms with E-state index in [0.717, 1.165) is 41.3 Å². The van der Waals surface area contributed by atoms with Crippen molar-refractivity contribution in [2.24, 2.45) is 0 Å². The van der Waals surface area contributed by atoms with Crippen molar-refractivity contribution in [1.29, 1.82) is 0 Å². The van der Waals surface area contributed by atoms with Gasteiger partial charge in [-0.25, -0.2) is 12.8 Å². The van der Waals surface area contributed by atoms with Gasteiger partial charge in [-0.2, -0.15) is 0 Å².